The second-order valence-electron chi connectivity index (χ2n) is 10.5. The summed E-state index contributed by atoms with van der Waals surface area (Å²) in [5.41, 5.74) is 1.74. The summed E-state index contributed by atoms with van der Waals surface area (Å²) in [6.45, 7) is 2.96. The highest BCUT2D eigenvalue weighted by molar-refractivity contribution is 7.92. The number of hydrogen-bond acceptors (Lipinski definition) is 4. The summed E-state index contributed by atoms with van der Waals surface area (Å²) in [6, 6.07) is 17.3. The summed E-state index contributed by atoms with van der Waals surface area (Å²) in [6.07, 6.45) is 4.98. The van der Waals surface area contributed by atoms with Crippen LogP contribution in [0.4, 0.5) is 10.1 Å². The van der Waals surface area contributed by atoms with Gasteiger partial charge in [-0.3, -0.25) is 13.9 Å². The van der Waals surface area contributed by atoms with Crippen LogP contribution in [0.25, 0.3) is 0 Å². The van der Waals surface area contributed by atoms with Crippen LogP contribution in [-0.2, 0) is 26.2 Å². The fraction of sp³-hybridized carbons (Fsp3) is 0.355. The van der Waals surface area contributed by atoms with Crippen molar-refractivity contribution in [2.45, 2.75) is 69.5 Å². The van der Waals surface area contributed by atoms with Gasteiger partial charge in [-0.15, -0.1) is 0 Å². The summed E-state index contributed by atoms with van der Waals surface area (Å²) in [4.78, 5) is 28.7. The molecule has 1 aliphatic carbocycles. The van der Waals surface area contributed by atoms with Gasteiger partial charge in [0.05, 0.1) is 10.6 Å². The zero-order valence-corrected chi connectivity index (χ0v) is 24.8. The average Bonchev–Trinajstić information content (AvgIpc) is 2.96. The lowest BCUT2D eigenvalue weighted by Crippen LogP contribution is -2.53. The smallest absolute Gasteiger partial charge is 0.264 e. The summed E-state index contributed by atoms with van der Waals surface area (Å²) in [5, 5.41) is 3.60. The van der Waals surface area contributed by atoms with Gasteiger partial charge in [-0.2, -0.15) is 0 Å². The molecule has 0 saturated heterocycles. The molecule has 0 spiro atoms. The van der Waals surface area contributed by atoms with Crippen LogP contribution in [0.15, 0.2) is 77.7 Å². The minimum absolute atomic E-state index is 0.00688. The Morgan fingerprint density at radius 2 is 1.56 bits per heavy atom. The summed E-state index contributed by atoms with van der Waals surface area (Å²) in [7, 11) is -4.21. The maximum absolute atomic E-state index is 14.0. The molecule has 3 aromatic rings. The predicted molar refractivity (Wildman–Crippen MR) is 159 cm³/mol. The first-order valence-corrected chi connectivity index (χ1v) is 15.6. The van der Waals surface area contributed by atoms with Gasteiger partial charge in [0, 0.05) is 17.6 Å². The number of halogens is 2. The van der Waals surface area contributed by atoms with Crippen LogP contribution >= 0.6 is 11.6 Å². The van der Waals surface area contributed by atoms with Gasteiger partial charge in [0.25, 0.3) is 10.0 Å². The number of sulfonamides is 1. The zero-order valence-electron chi connectivity index (χ0n) is 23.2. The second-order valence-corrected chi connectivity index (χ2v) is 12.8. The van der Waals surface area contributed by atoms with E-state index in [0.29, 0.717) is 5.02 Å². The van der Waals surface area contributed by atoms with E-state index in [9.17, 15) is 22.4 Å². The number of carbonyl (C=O) groups excluding carboxylic acids is 2. The second kappa shape index (κ2) is 13.5. The van der Waals surface area contributed by atoms with Crippen LogP contribution in [0.5, 0.6) is 0 Å². The van der Waals surface area contributed by atoms with Crippen LogP contribution in [0.2, 0.25) is 5.02 Å². The van der Waals surface area contributed by atoms with Crippen LogP contribution < -0.4 is 9.62 Å². The molecule has 4 rings (SSSR count). The Bertz CT molecular complexity index is 1440. The number of rotatable bonds is 10. The molecular formula is C31H35ClFN3O4S. The molecule has 0 aromatic heterocycles. The topological polar surface area (TPSA) is 86.8 Å². The fourth-order valence-corrected chi connectivity index (χ4v) is 6.45. The molecule has 3 aromatic carbocycles. The van der Waals surface area contributed by atoms with Gasteiger partial charge in [-0.05, 0) is 80.8 Å². The molecule has 0 unspecified atom stereocenters. The van der Waals surface area contributed by atoms with Crippen molar-refractivity contribution in [3.05, 3.63) is 94.8 Å². The lowest BCUT2D eigenvalue weighted by atomic mass is 9.95. The van der Waals surface area contributed by atoms with Crippen molar-refractivity contribution < 1.29 is 22.4 Å². The van der Waals surface area contributed by atoms with Crippen molar-refractivity contribution in [2.75, 3.05) is 10.8 Å². The quantitative estimate of drug-likeness (QED) is 0.317. The Hall–Kier alpha value is -3.43. The number of carbonyl (C=O) groups is 2. The van der Waals surface area contributed by atoms with Gasteiger partial charge in [0.1, 0.15) is 18.4 Å². The van der Waals surface area contributed by atoms with Gasteiger partial charge >= 0.3 is 0 Å². The number of hydrogen-bond donors (Lipinski definition) is 1. The number of amides is 2. The summed E-state index contributed by atoms with van der Waals surface area (Å²) < 4.78 is 42.4. The van der Waals surface area contributed by atoms with E-state index < -0.39 is 34.3 Å². The van der Waals surface area contributed by atoms with Crippen LogP contribution in [0, 0.1) is 12.7 Å². The number of anilines is 1. The minimum Gasteiger partial charge on any atom is -0.352 e. The first-order chi connectivity index (χ1) is 19.5. The molecule has 2 amide bonds. The van der Waals surface area contributed by atoms with Crippen LogP contribution in [-0.4, -0.2) is 43.8 Å². The molecule has 0 bridgehead atoms. The van der Waals surface area contributed by atoms with E-state index >= 15 is 0 Å². The molecule has 0 heterocycles. The van der Waals surface area contributed by atoms with Gasteiger partial charge in [0.15, 0.2) is 0 Å². The Kier molecular flexibility index (Phi) is 10.0. The third-order valence-corrected chi connectivity index (χ3v) is 9.43. The monoisotopic (exact) mass is 599 g/mol. The van der Waals surface area contributed by atoms with E-state index in [4.69, 9.17) is 11.6 Å². The maximum Gasteiger partial charge on any atom is 0.264 e. The number of aryl methyl sites for hydroxylation is 1. The van der Waals surface area contributed by atoms with E-state index in [-0.39, 0.29) is 29.1 Å². The highest BCUT2D eigenvalue weighted by Crippen LogP contribution is 2.26. The van der Waals surface area contributed by atoms with Crippen LogP contribution in [0.3, 0.4) is 0 Å². The molecule has 1 saturated carbocycles. The molecule has 218 valence electrons. The number of nitrogens with one attached hydrogen (secondary N) is 1. The van der Waals surface area contributed by atoms with Crippen molar-refractivity contribution in [2.24, 2.45) is 0 Å². The zero-order chi connectivity index (χ0) is 29.6. The molecule has 1 N–H and O–H groups in total. The van der Waals surface area contributed by atoms with E-state index in [1.54, 1.807) is 43.3 Å². The molecular weight excluding hydrogens is 565 g/mol. The molecule has 1 fully saturated rings. The first-order valence-electron chi connectivity index (χ1n) is 13.7. The normalized spacial score (nSPS) is 14.7. The van der Waals surface area contributed by atoms with Gasteiger partial charge in [-0.1, -0.05) is 60.7 Å². The third-order valence-electron chi connectivity index (χ3n) is 7.39. The van der Waals surface area contributed by atoms with E-state index in [2.05, 4.69) is 5.32 Å². The summed E-state index contributed by atoms with van der Waals surface area (Å²) in [5.74, 6) is -1.41. The molecule has 0 radical (unpaired) electrons. The van der Waals surface area contributed by atoms with E-state index in [0.717, 1.165) is 59.7 Å². The SMILES string of the molecule is Cc1ccc(S(=O)(=O)N(CC(=O)N(Cc2ccc(Cl)cc2)[C@@H](C)C(=O)NC2CCCCC2)c2ccc(F)cc2)cc1. The van der Waals surface area contributed by atoms with Crippen molar-refractivity contribution >= 4 is 39.1 Å². The number of benzene rings is 3. The molecule has 10 heteroatoms. The van der Waals surface area contributed by atoms with Crippen LogP contribution in [0.1, 0.15) is 50.2 Å². The molecule has 41 heavy (non-hydrogen) atoms. The average molecular weight is 600 g/mol. The Labute approximate surface area is 246 Å². The Morgan fingerprint density at radius 3 is 2.17 bits per heavy atom. The fourth-order valence-electron chi connectivity index (χ4n) is 4.91. The Balaban J connectivity index is 1.66. The van der Waals surface area contributed by atoms with E-state index in [1.165, 1.54) is 29.2 Å². The largest absolute Gasteiger partial charge is 0.352 e. The van der Waals surface area contributed by atoms with Crippen molar-refractivity contribution in [1.29, 1.82) is 0 Å². The molecule has 0 aliphatic heterocycles. The third kappa shape index (κ3) is 7.86. The van der Waals surface area contributed by atoms with Gasteiger partial charge < -0.3 is 10.2 Å². The summed E-state index contributed by atoms with van der Waals surface area (Å²) >= 11 is 6.05. The highest BCUT2D eigenvalue weighted by atomic mass is 35.5. The standard InChI is InChI=1S/C31H35ClFN3O4S/c1-22-8-18-29(19-9-22)41(39,40)36(28-16-14-26(33)15-17-28)21-30(37)35(20-24-10-12-25(32)13-11-24)23(2)31(38)34-27-6-4-3-5-7-27/h8-19,23,27H,3-7,20-21H2,1-2H3,(H,34,38)/t23-/m0/s1. The molecule has 7 nitrogen and oxygen atoms in total. The lowest BCUT2D eigenvalue weighted by molar-refractivity contribution is -0.139. The van der Waals surface area contributed by atoms with E-state index in [1.807, 2.05) is 6.92 Å². The van der Waals surface area contributed by atoms with Crippen molar-refractivity contribution in [3.8, 4) is 0 Å². The Morgan fingerprint density at radius 1 is 0.951 bits per heavy atom. The molecule has 1 aliphatic rings. The van der Waals surface area contributed by atoms with Crippen molar-refractivity contribution in [1.82, 2.24) is 10.2 Å². The molecule has 1 atom stereocenters. The number of nitrogens with zero attached hydrogens (tertiary/aromatic N) is 2. The highest BCUT2D eigenvalue weighted by Gasteiger charge is 2.33. The van der Waals surface area contributed by atoms with Gasteiger partial charge in [-0.25, -0.2) is 12.8 Å². The van der Waals surface area contributed by atoms with Gasteiger partial charge in [0.2, 0.25) is 11.8 Å². The maximum atomic E-state index is 14.0. The predicted octanol–water partition coefficient (Wildman–Crippen LogP) is 5.85. The lowest BCUT2D eigenvalue weighted by Gasteiger charge is -2.33. The first kappa shape index (κ1) is 30.5. The minimum atomic E-state index is -4.21. The van der Waals surface area contributed by atoms with Crippen molar-refractivity contribution in [3.63, 3.8) is 0 Å².